The second-order valence-corrected chi connectivity index (χ2v) is 5.44. The molecular formula is C13H15N3O2S. The minimum absolute atomic E-state index is 0.210. The van der Waals surface area contributed by atoms with Crippen molar-refractivity contribution < 1.29 is 9.90 Å². The smallest absolute Gasteiger partial charge is 0.337 e. The van der Waals surface area contributed by atoms with Crippen molar-refractivity contribution in [2.45, 2.75) is 20.0 Å². The Hall–Kier alpha value is -1.79. The third kappa shape index (κ3) is 3.84. The number of pyridine rings is 1. The van der Waals surface area contributed by atoms with Gasteiger partial charge >= 0.3 is 5.97 Å². The van der Waals surface area contributed by atoms with Crippen LogP contribution in [-0.2, 0) is 13.1 Å². The second kappa shape index (κ2) is 5.90. The van der Waals surface area contributed by atoms with Gasteiger partial charge in [-0.1, -0.05) is 0 Å². The van der Waals surface area contributed by atoms with Crippen molar-refractivity contribution in [2.75, 3.05) is 7.05 Å². The average Bonchev–Trinajstić information content (AvgIpc) is 2.75. The number of thiazole rings is 1. The molecule has 0 aliphatic heterocycles. The molecule has 0 bridgehead atoms. The summed E-state index contributed by atoms with van der Waals surface area (Å²) in [6, 6.07) is 3.32. The van der Waals surface area contributed by atoms with Gasteiger partial charge in [0.05, 0.1) is 22.0 Å². The third-order valence-electron chi connectivity index (χ3n) is 2.60. The summed E-state index contributed by atoms with van der Waals surface area (Å²) in [7, 11) is 1.99. The minimum Gasteiger partial charge on any atom is -0.478 e. The van der Waals surface area contributed by atoms with E-state index in [4.69, 9.17) is 5.11 Å². The number of aromatic carboxylic acids is 1. The summed E-state index contributed by atoms with van der Waals surface area (Å²) in [6.45, 7) is 3.41. The highest BCUT2D eigenvalue weighted by Crippen LogP contribution is 2.11. The fourth-order valence-corrected chi connectivity index (χ4v) is 2.34. The summed E-state index contributed by atoms with van der Waals surface area (Å²) in [5.41, 5.74) is 2.10. The molecular weight excluding hydrogens is 262 g/mol. The summed E-state index contributed by atoms with van der Waals surface area (Å²) in [6.07, 6.45) is 1.39. The van der Waals surface area contributed by atoms with E-state index >= 15 is 0 Å². The van der Waals surface area contributed by atoms with Crippen LogP contribution in [0, 0.1) is 6.92 Å². The van der Waals surface area contributed by atoms with Crippen molar-refractivity contribution in [3.63, 3.8) is 0 Å². The van der Waals surface area contributed by atoms with E-state index < -0.39 is 5.97 Å². The van der Waals surface area contributed by atoms with Gasteiger partial charge in [-0.05, 0) is 26.1 Å². The van der Waals surface area contributed by atoms with Gasteiger partial charge in [-0.25, -0.2) is 9.78 Å². The molecule has 6 heteroatoms. The van der Waals surface area contributed by atoms with E-state index in [2.05, 4.69) is 14.9 Å². The summed E-state index contributed by atoms with van der Waals surface area (Å²) in [5.74, 6) is -0.953. The molecule has 19 heavy (non-hydrogen) atoms. The van der Waals surface area contributed by atoms with Crippen LogP contribution in [0.1, 0.15) is 26.8 Å². The van der Waals surface area contributed by atoms with E-state index in [-0.39, 0.29) is 5.56 Å². The molecule has 0 saturated heterocycles. The normalized spacial score (nSPS) is 10.9. The van der Waals surface area contributed by atoms with E-state index in [1.807, 2.05) is 19.4 Å². The number of carbonyl (C=O) groups is 1. The van der Waals surface area contributed by atoms with Crippen LogP contribution in [0.3, 0.4) is 0 Å². The first-order chi connectivity index (χ1) is 9.04. The molecule has 2 rings (SSSR count). The number of carboxylic acid groups (broad SMARTS) is 1. The highest BCUT2D eigenvalue weighted by molar-refractivity contribution is 7.09. The Balaban J connectivity index is 1.94. The van der Waals surface area contributed by atoms with E-state index in [9.17, 15) is 4.79 Å². The molecule has 0 aromatic carbocycles. The monoisotopic (exact) mass is 277 g/mol. The molecule has 0 unspecified atom stereocenters. The highest BCUT2D eigenvalue weighted by atomic mass is 32.1. The van der Waals surface area contributed by atoms with Crippen LogP contribution in [0.4, 0.5) is 0 Å². The lowest BCUT2D eigenvalue weighted by molar-refractivity contribution is 0.0696. The first kappa shape index (κ1) is 13.6. The van der Waals surface area contributed by atoms with Crippen LogP contribution < -0.4 is 0 Å². The van der Waals surface area contributed by atoms with E-state index in [1.54, 1.807) is 23.5 Å². The number of aromatic nitrogens is 2. The zero-order valence-corrected chi connectivity index (χ0v) is 11.6. The van der Waals surface area contributed by atoms with Gasteiger partial charge in [0.2, 0.25) is 0 Å². The van der Waals surface area contributed by atoms with Crippen molar-refractivity contribution in [2.24, 2.45) is 0 Å². The predicted molar refractivity (Wildman–Crippen MR) is 73.2 cm³/mol. The molecule has 2 aromatic heterocycles. The fraction of sp³-hybridized carbons (Fsp3) is 0.308. The molecule has 0 radical (unpaired) electrons. The number of carboxylic acids is 1. The minimum atomic E-state index is -0.953. The standard InChI is InChI=1S/C13H15N3O2S/c1-9-15-12(8-19-9)7-16(2)6-11-4-3-10(5-14-11)13(17)18/h3-5,8H,6-7H2,1-2H3,(H,17,18). The van der Waals surface area contributed by atoms with Crippen molar-refractivity contribution in [3.05, 3.63) is 45.7 Å². The summed E-state index contributed by atoms with van der Waals surface area (Å²) in [5, 5.41) is 11.9. The number of rotatable bonds is 5. The van der Waals surface area contributed by atoms with Gasteiger partial charge in [0.25, 0.3) is 0 Å². The SMILES string of the molecule is Cc1nc(CN(C)Cc2ccc(C(=O)O)cn2)cs1. The highest BCUT2D eigenvalue weighted by Gasteiger charge is 2.07. The Morgan fingerprint density at radius 1 is 1.37 bits per heavy atom. The number of aryl methyl sites for hydroxylation is 1. The van der Waals surface area contributed by atoms with Crippen LogP contribution in [-0.4, -0.2) is 33.0 Å². The largest absolute Gasteiger partial charge is 0.478 e. The predicted octanol–water partition coefficient (Wildman–Crippen LogP) is 2.18. The summed E-state index contributed by atoms with van der Waals surface area (Å²) in [4.78, 5) is 21.4. The Labute approximate surface area is 115 Å². The van der Waals surface area contributed by atoms with Gasteiger partial charge in [0.15, 0.2) is 0 Å². The zero-order valence-electron chi connectivity index (χ0n) is 10.8. The maximum absolute atomic E-state index is 10.7. The Kier molecular flexibility index (Phi) is 4.24. The maximum Gasteiger partial charge on any atom is 0.337 e. The fourth-order valence-electron chi connectivity index (χ4n) is 1.73. The zero-order chi connectivity index (χ0) is 13.8. The number of hydrogen-bond donors (Lipinski definition) is 1. The Bertz CT molecular complexity index is 566. The van der Waals surface area contributed by atoms with Crippen molar-refractivity contribution in [1.29, 1.82) is 0 Å². The Morgan fingerprint density at radius 3 is 2.63 bits per heavy atom. The van der Waals surface area contributed by atoms with Crippen LogP contribution in [0.5, 0.6) is 0 Å². The van der Waals surface area contributed by atoms with Gasteiger partial charge < -0.3 is 5.11 Å². The lowest BCUT2D eigenvalue weighted by atomic mass is 10.2. The van der Waals surface area contributed by atoms with Gasteiger partial charge in [0, 0.05) is 24.7 Å². The molecule has 0 amide bonds. The van der Waals surface area contributed by atoms with Crippen molar-refractivity contribution in [3.8, 4) is 0 Å². The van der Waals surface area contributed by atoms with Gasteiger partial charge in [0.1, 0.15) is 0 Å². The third-order valence-corrected chi connectivity index (χ3v) is 3.42. The quantitative estimate of drug-likeness (QED) is 0.907. The van der Waals surface area contributed by atoms with Gasteiger partial charge in [-0.15, -0.1) is 11.3 Å². The first-order valence-electron chi connectivity index (χ1n) is 5.82. The average molecular weight is 277 g/mol. The van der Waals surface area contributed by atoms with E-state index in [0.29, 0.717) is 6.54 Å². The summed E-state index contributed by atoms with van der Waals surface area (Å²) >= 11 is 1.64. The van der Waals surface area contributed by atoms with Crippen LogP contribution >= 0.6 is 11.3 Å². The molecule has 0 fully saturated rings. The molecule has 0 aliphatic carbocycles. The molecule has 0 spiro atoms. The topological polar surface area (TPSA) is 66.3 Å². The number of hydrogen-bond acceptors (Lipinski definition) is 5. The van der Waals surface area contributed by atoms with Gasteiger partial charge in [-0.3, -0.25) is 9.88 Å². The molecule has 5 nitrogen and oxygen atoms in total. The number of nitrogens with zero attached hydrogens (tertiary/aromatic N) is 3. The maximum atomic E-state index is 10.7. The molecule has 0 aliphatic rings. The molecule has 0 saturated carbocycles. The Morgan fingerprint density at radius 2 is 2.11 bits per heavy atom. The second-order valence-electron chi connectivity index (χ2n) is 4.37. The van der Waals surface area contributed by atoms with Crippen LogP contribution in [0.2, 0.25) is 0 Å². The first-order valence-corrected chi connectivity index (χ1v) is 6.70. The molecule has 2 heterocycles. The van der Waals surface area contributed by atoms with Crippen molar-refractivity contribution >= 4 is 17.3 Å². The molecule has 1 N–H and O–H groups in total. The van der Waals surface area contributed by atoms with E-state index in [0.717, 1.165) is 22.9 Å². The molecule has 2 aromatic rings. The molecule has 100 valence electrons. The van der Waals surface area contributed by atoms with E-state index in [1.165, 1.54) is 6.20 Å². The van der Waals surface area contributed by atoms with Crippen molar-refractivity contribution in [1.82, 2.24) is 14.9 Å². The van der Waals surface area contributed by atoms with Gasteiger partial charge in [-0.2, -0.15) is 0 Å². The lowest BCUT2D eigenvalue weighted by Crippen LogP contribution is -2.18. The lowest BCUT2D eigenvalue weighted by Gasteiger charge is -2.14. The van der Waals surface area contributed by atoms with Crippen LogP contribution in [0.15, 0.2) is 23.7 Å². The van der Waals surface area contributed by atoms with Crippen LogP contribution in [0.25, 0.3) is 0 Å². The molecule has 0 atom stereocenters. The summed E-state index contributed by atoms with van der Waals surface area (Å²) < 4.78 is 0.